The van der Waals surface area contributed by atoms with Gasteiger partial charge in [0.1, 0.15) is 23.2 Å². The van der Waals surface area contributed by atoms with E-state index in [1.807, 2.05) is 52.0 Å². The number of benzene rings is 1. The molecule has 54 heavy (non-hydrogen) atoms. The van der Waals surface area contributed by atoms with Crippen molar-refractivity contribution in [3.63, 3.8) is 0 Å². The Hall–Kier alpha value is -3.88. The van der Waals surface area contributed by atoms with Crippen LogP contribution in [0.5, 0.6) is 0 Å². The molecule has 15 heteroatoms. The number of fused-ring (bicyclic) bond motifs is 1. The number of hydrogen-bond acceptors (Lipinski definition) is 8. The summed E-state index contributed by atoms with van der Waals surface area (Å²) >= 11 is 0. The van der Waals surface area contributed by atoms with Crippen LogP contribution in [0.3, 0.4) is 0 Å². The predicted octanol–water partition coefficient (Wildman–Crippen LogP) is 4.86. The van der Waals surface area contributed by atoms with E-state index in [0.29, 0.717) is 64.5 Å². The number of hydrogen-bond donors (Lipinski definition) is 4. The number of likely N-dealkylation sites (tertiary alicyclic amines) is 1. The minimum Gasteiger partial charge on any atom is -0.444 e. The molecular weight excluding hydrogens is 713 g/mol. The van der Waals surface area contributed by atoms with Gasteiger partial charge in [-0.3, -0.25) is 23.7 Å². The topological polar surface area (TPSA) is 189 Å². The molecule has 3 fully saturated rings. The Morgan fingerprint density at radius 3 is 2.30 bits per heavy atom. The molecule has 0 spiro atoms. The number of para-hydroxylation sites is 2. The summed E-state index contributed by atoms with van der Waals surface area (Å²) in [6.07, 6.45) is 6.64. The first-order valence-electron chi connectivity index (χ1n) is 19.6. The second-order valence-electron chi connectivity index (χ2n) is 17.6. The van der Waals surface area contributed by atoms with Crippen LogP contribution in [-0.4, -0.2) is 81.2 Å². The Kier molecular flexibility index (Phi) is 12.0. The van der Waals surface area contributed by atoms with Gasteiger partial charge in [0.05, 0.1) is 15.8 Å². The molecule has 1 saturated heterocycles. The summed E-state index contributed by atoms with van der Waals surface area (Å²) in [4.78, 5) is 70.9. The minimum absolute atomic E-state index is 0.119. The second kappa shape index (κ2) is 15.7. The highest BCUT2D eigenvalue weighted by Crippen LogP contribution is 2.50. The van der Waals surface area contributed by atoms with Crippen LogP contribution in [0.25, 0.3) is 11.0 Å². The average Bonchev–Trinajstić information content (AvgIpc) is 3.93. The molecule has 0 bridgehead atoms. The number of aromatic amines is 1. The first-order valence-corrected chi connectivity index (χ1v) is 21.1. The quantitative estimate of drug-likeness (QED) is 0.174. The Balaban J connectivity index is 1.14. The molecule has 4 atom stereocenters. The number of H-pyrrole nitrogens is 1. The standard InChI is InChI=1S/C39H60N6O8S/c1-8-26-25-39(26,42-31(46)29-19-16-24-44(29)32(47)30(36(2,3)4)41-35(50)53-37(5,6)7)33(48)43-54(51,52)38(21-22-38)20-14-10-9-11-15-23-45-28-18-13-12-17-27(28)40-34(45)49/h12-13,17-18,26,29-30H,8-11,14-16,19-25H2,1-7H3,(H,40,49)(H,41,50)(H,42,46)(H,43,48). The molecule has 2 aliphatic carbocycles. The second-order valence-corrected chi connectivity index (χ2v) is 19.7. The van der Waals surface area contributed by atoms with Crippen molar-refractivity contribution in [2.75, 3.05) is 6.54 Å². The van der Waals surface area contributed by atoms with E-state index in [1.165, 1.54) is 4.90 Å². The lowest BCUT2D eigenvalue weighted by molar-refractivity contribution is -0.143. The first-order chi connectivity index (χ1) is 25.2. The monoisotopic (exact) mass is 772 g/mol. The Bertz CT molecular complexity index is 1890. The summed E-state index contributed by atoms with van der Waals surface area (Å²) in [5.41, 5.74) is -1.26. The minimum atomic E-state index is -4.02. The third-order valence-corrected chi connectivity index (χ3v) is 13.5. The lowest BCUT2D eigenvalue weighted by atomic mass is 9.85. The number of aryl methyl sites for hydroxylation is 1. The lowest BCUT2D eigenvalue weighted by Crippen LogP contribution is -2.60. The largest absolute Gasteiger partial charge is 0.444 e. The van der Waals surface area contributed by atoms with Crippen LogP contribution in [0.4, 0.5) is 4.79 Å². The number of sulfonamides is 1. The van der Waals surface area contributed by atoms with E-state index in [-0.39, 0.29) is 11.6 Å². The van der Waals surface area contributed by atoms with Gasteiger partial charge < -0.3 is 25.3 Å². The molecule has 5 rings (SSSR count). The fraction of sp³-hybridized carbons (Fsp3) is 0.718. The van der Waals surface area contributed by atoms with Gasteiger partial charge in [0.2, 0.25) is 21.8 Å². The highest BCUT2D eigenvalue weighted by molar-refractivity contribution is 7.91. The van der Waals surface area contributed by atoms with Crippen LogP contribution in [0.2, 0.25) is 0 Å². The number of amides is 4. The molecule has 4 amide bonds. The van der Waals surface area contributed by atoms with Crippen molar-refractivity contribution in [2.45, 2.75) is 160 Å². The molecule has 1 aromatic carbocycles. The van der Waals surface area contributed by atoms with Crippen molar-refractivity contribution in [3.8, 4) is 0 Å². The predicted molar refractivity (Wildman–Crippen MR) is 206 cm³/mol. The van der Waals surface area contributed by atoms with E-state index in [1.54, 1.807) is 25.3 Å². The number of aromatic nitrogens is 2. The van der Waals surface area contributed by atoms with Gasteiger partial charge in [-0.15, -0.1) is 0 Å². The molecule has 3 aliphatic rings. The molecule has 1 aliphatic heterocycles. The van der Waals surface area contributed by atoms with Gasteiger partial charge in [0.25, 0.3) is 5.91 Å². The Morgan fingerprint density at radius 2 is 1.67 bits per heavy atom. The summed E-state index contributed by atoms with van der Waals surface area (Å²) < 4.78 is 35.9. The number of nitrogens with zero attached hydrogens (tertiary/aromatic N) is 2. The first kappa shape index (κ1) is 41.3. The number of nitrogens with one attached hydrogen (secondary N) is 4. The summed E-state index contributed by atoms with van der Waals surface area (Å²) in [5.74, 6) is -1.90. The third-order valence-electron chi connectivity index (χ3n) is 11.3. The smallest absolute Gasteiger partial charge is 0.408 e. The zero-order valence-electron chi connectivity index (χ0n) is 33.0. The number of carbonyl (C=O) groups excluding carboxylic acids is 4. The fourth-order valence-corrected chi connectivity index (χ4v) is 9.54. The van der Waals surface area contributed by atoms with Crippen LogP contribution < -0.4 is 21.0 Å². The van der Waals surface area contributed by atoms with Gasteiger partial charge >= 0.3 is 11.8 Å². The van der Waals surface area contributed by atoms with E-state index in [0.717, 1.165) is 36.7 Å². The summed E-state index contributed by atoms with van der Waals surface area (Å²) in [6.45, 7) is 13.5. The summed E-state index contributed by atoms with van der Waals surface area (Å²) in [6, 6.07) is 5.75. The maximum absolute atomic E-state index is 13.9. The molecule has 14 nitrogen and oxygen atoms in total. The van der Waals surface area contributed by atoms with Gasteiger partial charge in [0, 0.05) is 13.1 Å². The lowest BCUT2D eigenvalue weighted by Gasteiger charge is -2.36. The molecule has 300 valence electrons. The van der Waals surface area contributed by atoms with E-state index in [2.05, 4.69) is 20.3 Å². The Morgan fingerprint density at radius 1 is 1.00 bits per heavy atom. The maximum Gasteiger partial charge on any atom is 0.408 e. The Labute approximate surface area is 319 Å². The average molecular weight is 773 g/mol. The SMILES string of the molecule is CCC1CC1(NC(=O)C1CCCN1C(=O)C(NC(=O)OC(C)(C)C)C(C)(C)C)C(=O)NS(=O)(=O)C1(CCCCCCCn2c(=O)[nH]c3ccccc32)CC1. The highest BCUT2D eigenvalue weighted by atomic mass is 32.2. The van der Waals surface area contributed by atoms with E-state index < -0.39 is 67.2 Å². The number of ether oxygens (including phenoxy) is 1. The summed E-state index contributed by atoms with van der Waals surface area (Å²) in [5, 5.41) is 5.59. The van der Waals surface area contributed by atoms with Crippen molar-refractivity contribution in [1.82, 2.24) is 29.8 Å². The van der Waals surface area contributed by atoms with Crippen molar-refractivity contribution < 1.29 is 32.3 Å². The molecule has 4 N–H and O–H groups in total. The van der Waals surface area contributed by atoms with Gasteiger partial charge in [-0.05, 0) is 89.2 Å². The van der Waals surface area contributed by atoms with E-state index in [4.69, 9.17) is 4.74 Å². The molecule has 2 saturated carbocycles. The number of alkyl carbamates (subject to hydrolysis) is 1. The zero-order chi connectivity index (χ0) is 39.7. The van der Waals surface area contributed by atoms with Gasteiger partial charge in [-0.25, -0.2) is 18.0 Å². The molecule has 4 unspecified atom stereocenters. The van der Waals surface area contributed by atoms with Crippen LogP contribution >= 0.6 is 0 Å². The van der Waals surface area contributed by atoms with E-state index in [9.17, 15) is 32.4 Å². The fourth-order valence-electron chi connectivity index (χ4n) is 7.85. The summed E-state index contributed by atoms with van der Waals surface area (Å²) in [7, 11) is -4.02. The molecule has 2 heterocycles. The third kappa shape index (κ3) is 9.14. The van der Waals surface area contributed by atoms with Crippen LogP contribution in [-0.2, 0) is 35.7 Å². The van der Waals surface area contributed by atoms with Crippen LogP contribution in [0, 0.1) is 11.3 Å². The normalized spacial score (nSPS) is 22.8. The van der Waals surface area contributed by atoms with Crippen molar-refractivity contribution in [2.24, 2.45) is 11.3 Å². The highest BCUT2D eigenvalue weighted by Gasteiger charge is 2.63. The van der Waals surface area contributed by atoms with E-state index >= 15 is 0 Å². The molecular formula is C39H60N6O8S. The number of unbranched alkanes of at least 4 members (excludes halogenated alkanes) is 4. The molecule has 2 aromatic rings. The van der Waals surface area contributed by atoms with Gasteiger partial charge in [0.15, 0.2) is 0 Å². The van der Waals surface area contributed by atoms with Crippen LogP contribution in [0.1, 0.15) is 126 Å². The van der Waals surface area contributed by atoms with Crippen LogP contribution in [0.15, 0.2) is 29.1 Å². The number of imidazole rings is 1. The zero-order valence-corrected chi connectivity index (χ0v) is 33.8. The molecule has 1 aromatic heterocycles. The number of rotatable bonds is 16. The van der Waals surface area contributed by atoms with Crippen molar-refractivity contribution in [3.05, 3.63) is 34.7 Å². The molecule has 0 radical (unpaired) electrons. The van der Waals surface area contributed by atoms with Crippen molar-refractivity contribution in [1.29, 1.82) is 0 Å². The number of carbonyl (C=O) groups is 4. The van der Waals surface area contributed by atoms with Gasteiger partial charge in [-0.1, -0.05) is 71.9 Å². The van der Waals surface area contributed by atoms with Gasteiger partial charge in [-0.2, -0.15) is 0 Å². The maximum atomic E-state index is 13.9. The van der Waals surface area contributed by atoms with Crippen molar-refractivity contribution >= 4 is 44.9 Å².